The van der Waals surface area contributed by atoms with E-state index in [4.69, 9.17) is 5.11 Å². The Kier molecular flexibility index (Phi) is 25.6. The molecular formula is C43H62BF2N3O4. The van der Waals surface area contributed by atoms with Crippen molar-refractivity contribution >= 4 is 37.5 Å². The molecule has 10 heteroatoms. The van der Waals surface area contributed by atoms with Crippen LogP contribution < -0.4 is 5.73 Å². The van der Waals surface area contributed by atoms with Crippen molar-refractivity contribution < 1.29 is 28.1 Å². The number of hydrogen-bond acceptors (Lipinski definition) is 6. The number of aromatic nitrogens is 1. The van der Waals surface area contributed by atoms with Gasteiger partial charge >= 0.3 is 7.40 Å². The highest BCUT2D eigenvalue weighted by Crippen LogP contribution is 2.37. The molecule has 290 valence electrons. The van der Waals surface area contributed by atoms with E-state index < -0.39 is 7.40 Å². The number of benzene rings is 2. The Labute approximate surface area is 318 Å². The lowest BCUT2D eigenvalue weighted by Crippen LogP contribution is -2.18. The van der Waals surface area contributed by atoms with E-state index in [1.807, 2.05) is 77.1 Å². The number of aryl methyl sites for hydroxylation is 2. The molecule has 0 unspecified atom stereocenters. The zero-order chi connectivity index (χ0) is 40.3. The van der Waals surface area contributed by atoms with Crippen molar-refractivity contribution in [2.24, 2.45) is 16.6 Å². The zero-order valence-corrected chi connectivity index (χ0v) is 33.6. The predicted octanol–water partition coefficient (Wildman–Crippen LogP) is 10.6. The highest BCUT2D eigenvalue weighted by molar-refractivity contribution is 6.41. The second-order valence-corrected chi connectivity index (χ2v) is 12.2. The van der Waals surface area contributed by atoms with Crippen LogP contribution >= 0.6 is 0 Å². The molecule has 0 fully saturated rings. The summed E-state index contributed by atoms with van der Waals surface area (Å²) < 4.78 is 33.8. The average molecular weight is 734 g/mol. The molecule has 1 aromatic heterocycles. The van der Waals surface area contributed by atoms with E-state index >= 15 is 0 Å². The van der Waals surface area contributed by atoms with Gasteiger partial charge in [-0.25, -0.2) is 0 Å². The van der Waals surface area contributed by atoms with Crippen LogP contribution in [-0.4, -0.2) is 49.1 Å². The smallest absolute Gasteiger partial charge is 0.508 e. The van der Waals surface area contributed by atoms with Crippen LogP contribution in [-0.2, 0) is 20.7 Å². The minimum atomic E-state index is -2.64. The molecule has 0 radical (unpaired) electrons. The maximum atomic E-state index is 14.0. The van der Waals surface area contributed by atoms with E-state index in [1.54, 1.807) is 37.3 Å². The minimum Gasteiger partial charge on any atom is -0.508 e. The number of nitrogens with two attached hydrogens (primary N) is 1. The lowest BCUT2D eigenvalue weighted by molar-refractivity contribution is -0.128. The molecule has 7 nitrogen and oxygen atoms in total. The van der Waals surface area contributed by atoms with Crippen LogP contribution in [0.1, 0.15) is 114 Å². The van der Waals surface area contributed by atoms with Crippen molar-refractivity contribution in [3.63, 3.8) is 0 Å². The highest BCUT2D eigenvalue weighted by Gasteiger charge is 2.29. The van der Waals surface area contributed by atoms with Crippen LogP contribution in [0.4, 0.5) is 8.63 Å². The van der Waals surface area contributed by atoms with Gasteiger partial charge < -0.3 is 24.8 Å². The normalized spacial score (nSPS) is 12.9. The summed E-state index contributed by atoms with van der Waals surface area (Å²) in [7, 11) is -1.14. The van der Waals surface area contributed by atoms with Crippen molar-refractivity contribution in [3.05, 3.63) is 112 Å². The third-order valence-corrected chi connectivity index (χ3v) is 8.09. The molecule has 0 saturated carbocycles. The highest BCUT2D eigenvalue weighted by atomic mass is 19.2. The second kappa shape index (κ2) is 28.0. The predicted molar refractivity (Wildman–Crippen MR) is 221 cm³/mol. The topological polar surface area (TPSA) is 107 Å². The van der Waals surface area contributed by atoms with Gasteiger partial charge in [-0.3, -0.25) is 18.4 Å². The summed E-state index contributed by atoms with van der Waals surface area (Å²) >= 11 is 0. The molecule has 0 saturated heterocycles. The number of allylic oxidation sites excluding steroid dienone is 3. The van der Waals surface area contributed by atoms with Gasteiger partial charge in [0.15, 0.2) is 0 Å². The summed E-state index contributed by atoms with van der Waals surface area (Å²) in [5.41, 5.74) is 12.2. The van der Waals surface area contributed by atoms with Crippen LogP contribution in [0.3, 0.4) is 0 Å². The maximum Gasteiger partial charge on any atom is 0.677 e. The van der Waals surface area contributed by atoms with Crippen molar-refractivity contribution in [1.82, 2.24) is 4.48 Å². The largest absolute Gasteiger partial charge is 0.677 e. The summed E-state index contributed by atoms with van der Waals surface area (Å²) in [6.45, 7) is 19.1. The second-order valence-electron chi connectivity index (χ2n) is 12.2. The van der Waals surface area contributed by atoms with E-state index in [0.29, 0.717) is 36.5 Å². The fraction of sp³-hybridized carbons (Fsp3) is 0.419. The summed E-state index contributed by atoms with van der Waals surface area (Å²) in [4.78, 5) is 24.8. The minimum absolute atomic E-state index is 0.208. The Morgan fingerprint density at radius 3 is 2.17 bits per heavy atom. The van der Waals surface area contributed by atoms with Gasteiger partial charge in [0.2, 0.25) is 0 Å². The molecule has 0 spiro atoms. The van der Waals surface area contributed by atoms with Gasteiger partial charge in [-0.05, 0) is 106 Å². The first-order valence-electron chi connectivity index (χ1n) is 18.5. The van der Waals surface area contributed by atoms with Crippen molar-refractivity contribution in [1.29, 1.82) is 0 Å². The van der Waals surface area contributed by atoms with Crippen LogP contribution in [0.5, 0.6) is 5.75 Å². The number of phenolic OH excluding ortho intramolecular Hbond substituents is 1. The van der Waals surface area contributed by atoms with Crippen molar-refractivity contribution in [3.8, 4) is 5.75 Å². The van der Waals surface area contributed by atoms with Gasteiger partial charge in [-0.2, -0.15) is 0 Å². The fourth-order valence-electron chi connectivity index (χ4n) is 5.49. The number of aldehydes is 1. The first-order chi connectivity index (χ1) is 25.5. The van der Waals surface area contributed by atoms with E-state index in [1.165, 1.54) is 26.3 Å². The Hall–Kier alpha value is -4.57. The van der Waals surface area contributed by atoms with E-state index in [-0.39, 0.29) is 5.75 Å². The summed E-state index contributed by atoms with van der Waals surface area (Å²) in [6.07, 6.45) is 12.8. The lowest BCUT2D eigenvalue weighted by atomic mass is 9.94. The molecule has 2 heterocycles. The number of phenols is 1. The number of ether oxygens (including phenoxy) is 1. The molecule has 0 bridgehead atoms. The molecule has 0 amide bonds. The Bertz CT molecular complexity index is 1630. The van der Waals surface area contributed by atoms with Gasteiger partial charge in [-0.15, -0.1) is 0 Å². The molecule has 0 aliphatic carbocycles. The number of aromatic hydroxyl groups is 1. The molecule has 4 rings (SSSR count). The standard InChI is InChI=1S/C25H27BF2N2O2.C8H8O2.C7H16.C2H6.CH5N/c1-17-14-19(3)29-24(17)23(25-18(2)15-20(4)30(25)26(27)28)22-11-9-21(10-12-22)8-6-5-7-13-32-16-31;9-5-4-7-2-1-3-8(10)6-7;1-4-6-7(3)5-2;2*1-2/h6,8-12,14-16H,5,7,13H2,1-4H3;1-3,5-6,10H,4H2;7H,4-6H2,1-3H3;1-2H3;2H2,1H3/b8-6+,24-23-;;;;/t;;7-;;/m..0../s1. The first-order valence-corrected chi connectivity index (χ1v) is 18.5. The molecule has 3 aromatic rings. The van der Waals surface area contributed by atoms with Crippen LogP contribution in [0.25, 0.3) is 11.6 Å². The Morgan fingerprint density at radius 2 is 1.68 bits per heavy atom. The number of carbonyl (C=O) groups is 2. The van der Waals surface area contributed by atoms with E-state index in [0.717, 1.165) is 68.8 Å². The number of unbranched alkanes of at least 4 members (excludes halogenated alkanes) is 1. The molecule has 3 N–H and O–H groups in total. The fourth-order valence-corrected chi connectivity index (χ4v) is 5.49. The van der Waals surface area contributed by atoms with Crippen LogP contribution in [0.15, 0.2) is 83.0 Å². The number of nitrogens with zero attached hydrogens (tertiary/aromatic N) is 2. The van der Waals surface area contributed by atoms with Gasteiger partial charge in [0.05, 0.1) is 12.3 Å². The van der Waals surface area contributed by atoms with Crippen molar-refractivity contribution in [2.75, 3.05) is 13.7 Å². The number of aliphatic imine (C=N–C) groups is 1. The third kappa shape index (κ3) is 17.2. The van der Waals surface area contributed by atoms with Crippen LogP contribution in [0.2, 0.25) is 0 Å². The quantitative estimate of drug-likeness (QED) is 0.0974. The van der Waals surface area contributed by atoms with Crippen molar-refractivity contribution in [2.45, 2.75) is 101 Å². The van der Waals surface area contributed by atoms with Gasteiger partial charge in [-0.1, -0.05) is 102 Å². The number of carbonyl (C=O) groups excluding carboxylic acids is 2. The molecular weight excluding hydrogens is 671 g/mol. The van der Waals surface area contributed by atoms with E-state index in [9.17, 15) is 18.2 Å². The van der Waals surface area contributed by atoms with E-state index in [2.05, 4.69) is 36.2 Å². The summed E-state index contributed by atoms with van der Waals surface area (Å²) in [5, 5.41) is 8.92. The van der Waals surface area contributed by atoms with Gasteiger partial charge in [0, 0.05) is 29.1 Å². The van der Waals surface area contributed by atoms with Gasteiger partial charge in [0.25, 0.3) is 6.47 Å². The Morgan fingerprint density at radius 1 is 1.02 bits per heavy atom. The average Bonchev–Trinajstić information content (AvgIpc) is 3.64. The molecule has 53 heavy (non-hydrogen) atoms. The molecule has 2 aromatic carbocycles. The molecule has 1 atom stereocenters. The third-order valence-electron chi connectivity index (χ3n) is 8.09. The number of halogens is 2. The summed E-state index contributed by atoms with van der Waals surface area (Å²) in [6, 6.07) is 16.3. The maximum absolute atomic E-state index is 14.0. The zero-order valence-electron chi connectivity index (χ0n) is 33.6. The SMILES string of the molecule is CC.CC1=CC(C)=N/C1=C(/c1ccc(/C=C/CCCOC=O)cc1)c1c(C)cc(C)n1B(F)F.CCC[C@@H](C)CC.CN.O=CCc1cccc(O)c1. The number of hydrogen-bond donors (Lipinski definition) is 2. The molecule has 1 aliphatic rings. The monoisotopic (exact) mass is 733 g/mol. The van der Waals surface area contributed by atoms with Crippen LogP contribution in [0, 0.1) is 19.8 Å². The lowest BCUT2D eigenvalue weighted by Gasteiger charge is -2.17. The molecule has 1 aliphatic heterocycles. The number of rotatable bonds is 14. The summed E-state index contributed by atoms with van der Waals surface area (Å²) in [5.74, 6) is 1.16. The van der Waals surface area contributed by atoms with Gasteiger partial charge in [0.1, 0.15) is 12.0 Å². The Balaban J connectivity index is 0.00000105. The first kappa shape index (κ1) is 48.4.